The molecular formula is C12H13N5O3. The van der Waals surface area contributed by atoms with E-state index in [0.29, 0.717) is 11.5 Å². The Bertz CT molecular complexity index is 668. The molecule has 1 aromatic carbocycles. The number of hydrazone groups is 1. The Labute approximate surface area is 114 Å². The quantitative estimate of drug-likeness (QED) is 0.613. The molecule has 0 spiro atoms. The Balaban J connectivity index is 2.10. The number of hydrogen-bond acceptors (Lipinski definition) is 7. The summed E-state index contributed by atoms with van der Waals surface area (Å²) >= 11 is 0. The van der Waals surface area contributed by atoms with Crippen LogP contribution in [0.1, 0.15) is 5.56 Å². The molecular weight excluding hydrogens is 262 g/mol. The van der Waals surface area contributed by atoms with Crippen LogP contribution in [0.5, 0.6) is 11.5 Å². The lowest BCUT2D eigenvalue weighted by Gasteiger charge is -2.07. The van der Waals surface area contributed by atoms with Crippen LogP contribution in [0, 0.1) is 0 Å². The first kappa shape index (κ1) is 13.5. The lowest BCUT2D eigenvalue weighted by Crippen LogP contribution is -2.10. The molecule has 2 N–H and O–H groups in total. The third-order valence-electron chi connectivity index (χ3n) is 2.37. The van der Waals surface area contributed by atoms with Gasteiger partial charge in [0.15, 0.2) is 11.5 Å². The van der Waals surface area contributed by atoms with Gasteiger partial charge in [-0.3, -0.25) is 9.78 Å². The van der Waals surface area contributed by atoms with Gasteiger partial charge >= 0.3 is 0 Å². The summed E-state index contributed by atoms with van der Waals surface area (Å²) in [6.07, 6.45) is 2.62. The van der Waals surface area contributed by atoms with Crippen molar-refractivity contribution in [1.29, 1.82) is 0 Å². The molecule has 0 saturated carbocycles. The van der Waals surface area contributed by atoms with Gasteiger partial charge in [0.2, 0.25) is 5.95 Å². The summed E-state index contributed by atoms with van der Waals surface area (Å²) in [5.74, 6) is 1.40. The minimum Gasteiger partial charge on any atom is -0.493 e. The highest BCUT2D eigenvalue weighted by Gasteiger charge is 2.02. The van der Waals surface area contributed by atoms with E-state index in [9.17, 15) is 4.79 Å². The molecule has 0 fully saturated rings. The van der Waals surface area contributed by atoms with Crippen molar-refractivity contribution in [3.63, 3.8) is 0 Å². The molecule has 8 heteroatoms. The second-order valence-electron chi connectivity index (χ2n) is 3.67. The highest BCUT2D eigenvalue weighted by Crippen LogP contribution is 2.26. The molecule has 0 atom stereocenters. The highest BCUT2D eigenvalue weighted by molar-refractivity contribution is 5.81. The van der Waals surface area contributed by atoms with Gasteiger partial charge in [0.05, 0.1) is 20.4 Å². The van der Waals surface area contributed by atoms with E-state index in [1.54, 1.807) is 32.6 Å². The van der Waals surface area contributed by atoms with Crippen molar-refractivity contribution in [2.24, 2.45) is 5.10 Å². The Hall–Kier alpha value is -2.90. The maximum Gasteiger partial charge on any atom is 0.271 e. The molecule has 0 radical (unpaired) electrons. The lowest BCUT2D eigenvalue weighted by molar-refractivity contribution is 0.355. The van der Waals surface area contributed by atoms with Gasteiger partial charge in [0.25, 0.3) is 5.56 Å². The fourth-order valence-corrected chi connectivity index (χ4v) is 1.46. The number of H-pyrrole nitrogens is 1. The molecule has 0 bridgehead atoms. The third-order valence-corrected chi connectivity index (χ3v) is 2.37. The van der Waals surface area contributed by atoms with Crippen molar-refractivity contribution in [1.82, 2.24) is 15.2 Å². The Morgan fingerprint density at radius 1 is 1.30 bits per heavy atom. The van der Waals surface area contributed by atoms with Gasteiger partial charge in [-0.2, -0.15) is 5.10 Å². The zero-order chi connectivity index (χ0) is 14.4. The van der Waals surface area contributed by atoms with Crippen LogP contribution in [0.25, 0.3) is 0 Å². The van der Waals surface area contributed by atoms with E-state index >= 15 is 0 Å². The van der Waals surface area contributed by atoms with E-state index in [0.717, 1.165) is 11.8 Å². The summed E-state index contributed by atoms with van der Waals surface area (Å²) in [7, 11) is 3.12. The number of rotatable bonds is 5. The Morgan fingerprint density at radius 2 is 2.10 bits per heavy atom. The van der Waals surface area contributed by atoms with Gasteiger partial charge in [0, 0.05) is 0 Å². The van der Waals surface area contributed by atoms with E-state index in [-0.39, 0.29) is 11.5 Å². The standard InChI is InChI=1S/C12H13N5O3/c1-19-9-4-3-8(5-10(9)20-2)6-13-16-12-15-11(18)7-14-17-12/h3-7H,1-2H3,(H2,15,16,17,18)/b13-6-. The third kappa shape index (κ3) is 3.31. The normalized spacial score (nSPS) is 10.5. The molecule has 1 heterocycles. The van der Waals surface area contributed by atoms with Crippen molar-refractivity contribution in [2.45, 2.75) is 0 Å². The zero-order valence-electron chi connectivity index (χ0n) is 11.0. The van der Waals surface area contributed by atoms with Gasteiger partial charge in [-0.1, -0.05) is 0 Å². The first-order valence-electron chi connectivity index (χ1n) is 5.66. The van der Waals surface area contributed by atoms with Gasteiger partial charge in [0.1, 0.15) is 6.20 Å². The van der Waals surface area contributed by atoms with Crippen molar-refractivity contribution in [3.8, 4) is 11.5 Å². The summed E-state index contributed by atoms with van der Waals surface area (Å²) in [5.41, 5.74) is 3.00. The predicted octanol–water partition coefficient (Wildman–Crippen LogP) is 0.628. The molecule has 20 heavy (non-hydrogen) atoms. The number of hydrogen-bond donors (Lipinski definition) is 2. The number of benzene rings is 1. The monoisotopic (exact) mass is 275 g/mol. The molecule has 8 nitrogen and oxygen atoms in total. The summed E-state index contributed by atoms with van der Waals surface area (Å²) in [6.45, 7) is 0. The largest absolute Gasteiger partial charge is 0.493 e. The number of methoxy groups -OCH3 is 2. The SMILES string of the molecule is COc1ccc(/C=N\Nc2nncc(=O)[nH]2)cc1OC. The van der Waals surface area contributed by atoms with Crippen LogP contribution in [0.15, 0.2) is 34.3 Å². The first-order chi connectivity index (χ1) is 9.72. The van der Waals surface area contributed by atoms with Gasteiger partial charge in [-0.15, -0.1) is 10.2 Å². The summed E-state index contributed by atoms with van der Waals surface area (Å²) in [4.78, 5) is 13.4. The molecule has 0 aliphatic heterocycles. The predicted molar refractivity (Wildman–Crippen MR) is 73.4 cm³/mol. The minimum absolute atomic E-state index is 0.161. The van der Waals surface area contributed by atoms with Crippen LogP contribution in [0.4, 0.5) is 5.95 Å². The highest BCUT2D eigenvalue weighted by atomic mass is 16.5. The number of anilines is 1. The van der Waals surface area contributed by atoms with Crippen LogP contribution in [0.3, 0.4) is 0 Å². The maximum atomic E-state index is 11.0. The number of aromatic amines is 1. The molecule has 2 rings (SSSR count). The van der Waals surface area contributed by atoms with Crippen LogP contribution in [-0.4, -0.2) is 35.6 Å². The van der Waals surface area contributed by atoms with Crippen molar-refractivity contribution >= 4 is 12.2 Å². The van der Waals surface area contributed by atoms with Gasteiger partial charge in [-0.05, 0) is 23.8 Å². The van der Waals surface area contributed by atoms with Crippen molar-refractivity contribution < 1.29 is 9.47 Å². The van der Waals surface area contributed by atoms with Crippen LogP contribution in [-0.2, 0) is 0 Å². The smallest absolute Gasteiger partial charge is 0.271 e. The van der Waals surface area contributed by atoms with E-state index in [1.807, 2.05) is 6.07 Å². The zero-order valence-corrected chi connectivity index (χ0v) is 11.0. The topological polar surface area (TPSA) is 101 Å². The molecule has 104 valence electrons. The van der Waals surface area contributed by atoms with E-state index in [4.69, 9.17) is 9.47 Å². The molecule has 1 aromatic heterocycles. The average molecular weight is 275 g/mol. The van der Waals surface area contributed by atoms with Crippen LogP contribution in [0.2, 0.25) is 0 Å². The van der Waals surface area contributed by atoms with Crippen LogP contribution < -0.4 is 20.5 Å². The average Bonchev–Trinajstić information content (AvgIpc) is 2.47. The second kappa shape index (κ2) is 6.32. The number of aromatic nitrogens is 3. The van der Waals surface area contributed by atoms with E-state index in [1.165, 1.54) is 0 Å². The van der Waals surface area contributed by atoms with Crippen molar-refractivity contribution in [3.05, 3.63) is 40.3 Å². The number of nitrogens with one attached hydrogen (secondary N) is 2. The molecule has 0 aliphatic carbocycles. The second-order valence-corrected chi connectivity index (χ2v) is 3.67. The molecule has 0 amide bonds. The Morgan fingerprint density at radius 3 is 2.80 bits per heavy atom. The number of nitrogens with zero attached hydrogens (tertiary/aromatic N) is 3. The fourth-order valence-electron chi connectivity index (χ4n) is 1.46. The minimum atomic E-state index is -0.358. The fraction of sp³-hybridized carbons (Fsp3) is 0.167. The van der Waals surface area contributed by atoms with Gasteiger partial charge < -0.3 is 9.47 Å². The first-order valence-corrected chi connectivity index (χ1v) is 5.66. The molecule has 0 aliphatic rings. The summed E-state index contributed by atoms with van der Waals surface area (Å²) in [6, 6.07) is 5.35. The summed E-state index contributed by atoms with van der Waals surface area (Å²) in [5, 5.41) is 11.1. The van der Waals surface area contributed by atoms with Crippen molar-refractivity contribution in [2.75, 3.05) is 19.6 Å². The van der Waals surface area contributed by atoms with Gasteiger partial charge in [-0.25, -0.2) is 5.43 Å². The van der Waals surface area contributed by atoms with E-state index < -0.39 is 0 Å². The molecule has 0 unspecified atom stereocenters. The maximum absolute atomic E-state index is 11.0. The molecule has 0 saturated heterocycles. The lowest BCUT2D eigenvalue weighted by atomic mass is 10.2. The number of ether oxygens (including phenoxy) is 2. The van der Waals surface area contributed by atoms with E-state index in [2.05, 4.69) is 25.7 Å². The Kier molecular flexibility index (Phi) is 4.28. The summed E-state index contributed by atoms with van der Waals surface area (Å²) < 4.78 is 10.3. The van der Waals surface area contributed by atoms with Crippen LogP contribution >= 0.6 is 0 Å². The molecule has 2 aromatic rings.